The number of para-hydroxylation sites is 1. The lowest BCUT2D eigenvalue weighted by Crippen LogP contribution is -1.99. The van der Waals surface area contributed by atoms with Crippen molar-refractivity contribution in [2.24, 2.45) is 4.99 Å². The molecule has 0 radical (unpaired) electrons. The van der Waals surface area contributed by atoms with Gasteiger partial charge in [0.15, 0.2) is 17.3 Å². The van der Waals surface area contributed by atoms with Crippen LogP contribution in [-0.2, 0) is 6.61 Å². The zero-order chi connectivity index (χ0) is 28.7. The molecule has 6 rings (SSSR count). The summed E-state index contributed by atoms with van der Waals surface area (Å²) in [5.41, 5.74) is 6.55. The maximum absolute atomic E-state index is 6.31. The summed E-state index contributed by atoms with van der Waals surface area (Å²) in [5, 5.41) is 5.76. The van der Waals surface area contributed by atoms with Gasteiger partial charge in [0.1, 0.15) is 12.3 Å². The summed E-state index contributed by atoms with van der Waals surface area (Å²) in [6.45, 7) is 0.336. The molecule has 0 amide bonds. The van der Waals surface area contributed by atoms with Crippen molar-refractivity contribution in [1.29, 1.82) is 0 Å². The summed E-state index contributed by atoms with van der Waals surface area (Å²) in [5.74, 6) is 1.96. The lowest BCUT2D eigenvalue weighted by Gasteiger charge is -2.12. The van der Waals surface area contributed by atoms with E-state index < -0.39 is 0 Å². The Morgan fingerprint density at radius 1 is 0.738 bits per heavy atom. The number of methoxy groups -OCH3 is 1. The highest BCUT2D eigenvalue weighted by atomic mass is 35.5. The summed E-state index contributed by atoms with van der Waals surface area (Å²) in [6, 6.07) is 43.9. The van der Waals surface area contributed by atoms with Crippen LogP contribution in [0.3, 0.4) is 0 Å². The fourth-order valence-electron chi connectivity index (χ4n) is 4.74. The molecule has 0 aliphatic rings. The molecule has 1 aromatic heterocycles. The molecule has 1 heterocycles. The predicted molar refractivity (Wildman–Crippen MR) is 170 cm³/mol. The van der Waals surface area contributed by atoms with Crippen LogP contribution in [0.25, 0.3) is 28.1 Å². The zero-order valence-corrected chi connectivity index (χ0v) is 23.8. The Morgan fingerprint density at radius 2 is 1.38 bits per heavy atom. The molecular formula is C36H28ClN3O2. The zero-order valence-electron chi connectivity index (χ0n) is 23.0. The Hall–Kier alpha value is -5.13. The van der Waals surface area contributed by atoms with Gasteiger partial charge in [-0.05, 0) is 47.5 Å². The average molecular weight is 570 g/mol. The van der Waals surface area contributed by atoms with Gasteiger partial charge in [-0.1, -0.05) is 109 Å². The first-order valence-electron chi connectivity index (χ1n) is 13.6. The van der Waals surface area contributed by atoms with Crippen molar-refractivity contribution in [2.45, 2.75) is 6.61 Å². The van der Waals surface area contributed by atoms with Crippen LogP contribution in [-0.4, -0.2) is 23.1 Å². The van der Waals surface area contributed by atoms with E-state index in [4.69, 9.17) is 31.2 Å². The Bertz CT molecular complexity index is 1820. The van der Waals surface area contributed by atoms with Crippen LogP contribution in [0.2, 0.25) is 5.02 Å². The molecule has 0 unspecified atom stereocenters. The summed E-state index contributed by atoms with van der Waals surface area (Å²) in [7, 11) is 1.63. The van der Waals surface area contributed by atoms with Crippen molar-refractivity contribution in [2.75, 3.05) is 7.11 Å². The van der Waals surface area contributed by atoms with Crippen LogP contribution in [0.15, 0.2) is 138 Å². The first-order valence-corrected chi connectivity index (χ1v) is 14.0. The molecule has 0 fully saturated rings. The summed E-state index contributed by atoms with van der Waals surface area (Å²) >= 11 is 6.31. The second-order valence-corrected chi connectivity index (χ2v) is 9.98. The molecule has 0 N–H and O–H groups in total. The standard InChI is InChI=1S/C36H28ClN3O2/c1-41-33-23-26(21-22-32(33)42-25-29-17-11-12-20-31(29)37)24-38-36-34(27-13-5-2-6-14-27)35(28-15-7-3-8-16-28)39-40(36)30-18-9-4-10-19-30/h2-24H,25H2,1H3. The maximum Gasteiger partial charge on any atom is 0.164 e. The second-order valence-electron chi connectivity index (χ2n) is 9.58. The van der Waals surface area contributed by atoms with Gasteiger partial charge in [-0.15, -0.1) is 0 Å². The highest BCUT2D eigenvalue weighted by Crippen LogP contribution is 2.41. The van der Waals surface area contributed by atoms with Crippen molar-refractivity contribution in [3.63, 3.8) is 0 Å². The fourth-order valence-corrected chi connectivity index (χ4v) is 4.93. The lowest BCUT2D eigenvalue weighted by atomic mass is 10.0. The quantitative estimate of drug-likeness (QED) is 0.163. The highest BCUT2D eigenvalue weighted by Gasteiger charge is 2.21. The van der Waals surface area contributed by atoms with Gasteiger partial charge in [-0.25, -0.2) is 9.67 Å². The number of benzene rings is 5. The van der Waals surface area contributed by atoms with E-state index in [2.05, 4.69) is 24.3 Å². The van der Waals surface area contributed by atoms with Crippen LogP contribution in [0.5, 0.6) is 11.5 Å². The highest BCUT2D eigenvalue weighted by molar-refractivity contribution is 6.31. The SMILES string of the molecule is COc1cc(C=Nc2c(-c3ccccc3)c(-c3ccccc3)nn2-c2ccccc2)ccc1OCc1ccccc1Cl. The van der Waals surface area contributed by atoms with Gasteiger partial charge < -0.3 is 9.47 Å². The average Bonchev–Trinajstić information content (AvgIpc) is 3.44. The molecule has 0 spiro atoms. The molecule has 0 saturated carbocycles. The number of rotatable bonds is 9. The number of halogens is 1. The Kier molecular flexibility index (Phi) is 8.11. The monoisotopic (exact) mass is 569 g/mol. The van der Waals surface area contributed by atoms with Crippen LogP contribution in [0, 0.1) is 0 Å². The molecule has 5 aromatic carbocycles. The van der Waals surface area contributed by atoms with Crippen LogP contribution >= 0.6 is 11.6 Å². The Balaban J connectivity index is 1.42. The number of aromatic nitrogens is 2. The third-order valence-electron chi connectivity index (χ3n) is 6.84. The normalized spacial score (nSPS) is 11.1. The number of nitrogens with zero attached hydrogens (tertiary/aromatic N) is 3. The van der Waals surface area contributed by atoms with E-state index in [0.717, 1.165) is 45.0 Å². The first kappa shape index (κ1) is 27.1. The summed E-state index contributed by atoms with van der Waals surface area (Å²) in [6.07, 6.45) is 1.83. The largest absolute Gasteiger partial charge is 0.493 e. The van der Waals surface area contributed by atoms with Crippen molar-refractivity contribution in [3.8, 4) is 39.6 Å². The smallest absolute Gasteiger partial charge is 0.164 e. The van der Waals surface area contributed by atoms with Gasteiger partial charge in [0.25, 0.3) is 0 Å². The van der Waals surface area contributed by atoms with E-state index in [1.165, 1.54) is 0 Å². The van der Waals surface area contributed by atoms with E-state index in [0.29, 0.717) is 23.1 Å². The van der Waals surface area contributed by atoms with Gasteiger partial charge in [-0.2, -0.15) is 5.10 Å². The number of ether oxygens (including phenoxy) is 2. The fraction of sp³-hybridized carbons (Fsp3) is 0.0556. The molecule has 0 aliphatic carbocycles. The lowest BCUT2D eigenvalue weighted by molar-refractivity contribution is 0.284. The predicted octanol–water partition coefficient (Wildman–Crippen LogP) is 9.20. The summed E-state index contributed by atoms with van der Waals surface area (Å²) < 4.78 is 13.6. The molecule has 0 saturated heterocycles. The number of hydrogen-bond donors (Lipinski definition) is 0. The topological polar surface area (TPSA) is 48.6 Å². The van der Waals surface area contributed by atoms with Crippen LogP contribution in [0.1, 0.15) is 11.1 Å². The Morgan fingerprint density at radius 3 is 2.07 bits per heavy atom. The van der Waals surface area contributed by atoms with E-state index in [1.807, 2.05) is 120 Å². The molecule has 42 heavy (non-hydrogen) atoms. The van der Waals surface area contributed by atoms with Gasteiger partial charge in [0, 0.05) is 22.4 Å². The molecular weight excluding hydrogens is 542 g/mol. The second kappa shape index (κ2) is 12.6. The molecule has 6 heteroatoms. The van der Waals surface area contributed by atoms with Crippen molar-refractivity contribution in [3.05, 3.63) is 150 Å². The first-order chi connectivity index (χ1) is 20.7. The summed E-state index contributed by atoms with van der Waals surface area (Å²) in [4.78, 5) is 5.05. The van der Waals surface area contributed by atoms with Gasteiger partial charge in [0.2, 0.25) is 0 Å². The van der Waals surface area contributed by atoms with Crippen molar-refractivity contribution >= 4 is 23.6 Å². The van der Waals surface area contributed by atoms with Crippen LogP contribution < -0.4 is 9.47 Å². The molecule has 0 bridgehead atoms. The van der Waals surface area contributed by atoms with Gasteiger partial charge >= 0.3 is 0 Å². The third-order valence-corrected chi connectivity index (χ3v) is 7.20. The molecule has 0 aliphatic heterocycles. The molecule has 5 nitrogen and oxygen atoms in total. The Labute approximate surface area is 250 Å². The number of aliphatic imine (C=N–C) groups is 1. The van der Waals surface area contributed by atoms with Crippen molar-refractivity contribution < 1.29 is 9.47 Å². The van der Waals surface area contributed by atoms with E-state index in [9.17, 15) is 0 Å². The van der Waals surface area contributed by atoms with Crippen LogP contribution in [0.4, 0.5) is 5.82 Å². The van der Waals surface area contributed by atoms with Crippen molar-refractivity contribution in [1.82, 2.24) is 9.78 Å². The third kappa shape index (κ3) is 5.82. The molecule has 6 aromatic rings. The maximum atomic E-state index is 6.31. The van der Waals surface area contributed by atoms with E-state index in [-0.39, 0.29) is 0 Å². The minimum atomic E-state index is 0.336. The minimum Gasteiger partial charge on any atom is -0.493 e. The molecule has 0 atom stereocenters. The van der Waals surface area contributed by atoms with E-state index >= 15 is 0 Å². The molecule has 206 valence electrons. The number of hydrogen-bond acceptors (Lipinski definition) is 4. The minimum absolute atomic E-state index is 0.336. The van der Waals surface area contributed by atoms with Gasteiger partial charge in [-0.3, -0.25) is 0 Å². The van der Waals surface area contributed by atoms with E-state index in [1.54, 1.807) is 7.11 Å². The van der Waals surface area contributed by atoms with Gasteiger partial charge in [0.05, 0.1) is 18.4 Å².